The molecule has 2 aromatic rings. The summed E-state index contributed by atoms with van der Waals surface area (Å²) in [5.41, 5.74) is 5.64. The molecule has 0 aromatic heterocycles. The summed E-state index contributed by atoms with van der Waals surface area (Å²) in [6.45, 7) is 4.33. The summed E-state index contributed by atoms with van der Waals surface area (Å²) < 4.78 is 4.93. The van der Waals surface area contributed by atoms with Crippen LogP contribution in [0.4, 0.5) is 16.2 Å². The van der Waals surface area contributed by atoms with Gasteiger partial charge in [0.15, 0.2) is 0 Å². The van der Waals surface area contributed by atoms with Gasteiger partial charge in [-0.15, -0.1) is 0 Å². The molecule has 0 bridgehead atoms. The molecule has 22 heavy (non-hydrogen) atoms. The van der Waals surface area contributed by atoms with Crippen molar-refractivity contribution in [2.45, 2.75) is 19.9 Å². The number of amides is 1. The summed E-state index contributed by atoms with van der Waals surface area (Å²) in [5, 5.41) is 2.77. The number of rotatable bonds is 2. The number of carbonyl (C=O) groups excluding carboxylic acids is 1. The molecular formula is C18H20N2O2. The minimum Gasteiger partial charge on any atom is -0.450 e. The molecule has 3 rings (SSSR count). The molecule has 1 atom stereocenters. The summed E-state index contributed by atoms with van der Waals surface area (Å²) in [7, 11) is 2.10. The highest BCUT2D eigenvalue weighted by molar-refractivity contribution is 5.89. The second-order valence-electron chi connectivity index (χ2n) is 5.45. The first-order chi connectivity index (χ1) is 10.6. The highest BCUT2D eigenvalue weighted by Crippen LogP contribution is 2.44. The first-order valence-corrected chi connectivity index (χ1v) is 7.51. The summed E-state index contributed by atoms with van der Waals surface area (Å²) in [6.07, 6.45) is -0.417. The van der Waals surface area contributed by atoms with Crippen molar-refractivity contribution in [3.8, 4) is 11.1 Å². The molecule has 0 spiro atoms. The lowest BCUT2D eigenvalue weighted by Crippen LogP contribution is -2.26. The van der Waals surface area contributed by atoms with Crippen LogP contribution in [0.3, 0.4) is 0 Å². The van der Waals surface area contributed by atoms with Crippen LogP contribution in [0.15, 0.2) is 42.5 Å². The van der Waals surface area contributed by atoms with Crippen molar-refractivity contribution in [2.24, 2.45) is 0 Å². The smallest absolute Gasteiger partial charge is 0.411 e. The summed E-state index contributed by atoms with van der Waals surface area (Å²) >= 11 is 0. The third-order valence-electron chi connectivity index (χ3n) is 4.18. The van der Waals surface area contributed by atoms with Gasteiger partial charge in [-0.3, -0.25) is 5.32 Å². The number of anilines is 2. The minimum atomic E-state index is -0.417. The van der Waals surface area contributed by atoms with Gasteiger partial charge in [0.25, 0.3) is 0 Å². The number of fused-ring (bicyclic) bond motifs is 3. The second-order valence-corrected chi connectivity index (χ2v) is 5.45. The maximum Gasteiger partial charge on any atom is 0.411 e. The molecule has 2 aromatic carbocycles. The molecule has 0 radical (unpaired) electrons. The van der Waals surface area contributed by atoms with Gasteiger partial charge in [0.2, 0.25) is 0 Å². The normalized spacial score (nSPS) is 15.8. The zero-order valence-corrected chi connectivity index (χ0v) is 13.1. The number of hydrogen-bond acceptors (Lipinski definition) is 3. The Morgan fingerprint density at radius 3 is 2.77 bits per heavy atom. The zero-order chi connectivity index (χ0) is 15.7. The van der Waals surface area contributed by atoms with Crippen LogP contribution >= 0.6 is 0 Å². The SMILES string of the molecule is CCOC(=O)Nc1ccc2c(c1)C(C)N(C)c1ccccc1-2. The van der Waals surface area contributed by atoms with Gasteiger partial charge in [-0.25, -0.2) is 4.79 Å². The van der Waals surface area contributed by atoms with E-state index in [1.807, 2.05) is 12.1 Å². The number of nitrogens with one attached hydrogen (secondary N) is 1. The van der Waals surface area contributed by atoms with E-state index in [9.17, 15) is 4.79 Å². The van der Waals surface area contributed by atoms with Gasteiger partial charge in [0, 0.05) is 24.0 Å². The number of nitrogens with zero attached hydrogens (tertiary/aromatic N) is 1. The highest BCUT2D eigenvalue weighted by atomic mass is 16.5. The Labute approximate surface area is 130 Å². The predicted octanol–water partition coefficient (Wildman–Crippen LogP) is 4.43. The molecule has 0 saturated carbocycles. The van der Waals surface area contributed by atoms with Crippen LogP contribution in [0.1, 0.15) is 25.5 Å². The standard InChI is InChI=1S/C18H20N2O2/c1-4-22-18(21)19-13-9-10-14-15-7-5-6-8-17(15)20(3)12(2)16(14)11-13/h5-12H,4H2,1-3H3,(H,19,21). The van der Waals surface area contributed by atoms with Gasteiger partial charge in [0.1, 0.15) is 0 Å². The molecule has 1 aliphatic heterocycles. The largest absolute Gasteiger partial charge is 0.450 e. The van der Waals surface area contributed by atoms with E-state index in [1.54, 1.807) is 6.92 Å². The highest BCUT2D eigenvalue weighted by Gasteiger charge is 2.25. The average Bonchev–Trinajstić information content (AvgIpc) is 2.53. The molecule has 4 heteroatoms. The number of ether oxygens (including phenoxy) is 1. The fourth-order valence-electron chi connectivity index (χ4n) is 2.94. The molecule has 114 valence electrons. The first-order valence-electron chi connectivity index (χ1n) is 7.51. The minimum absolute atomic E-state index is 0.244. The second kappa shape index (κ2) is 5.72. The Morgan fingerprint density at radius 1 is 1.23 bits per heavy atom. The Balaban J connectivity index is 2.01. The molecular weight excluding hydrogens is 276 g/mol. The maximum atomic E-state index is 11.6. The molecule has 1 amide bonds. The van der Waals surface area contributed by atoms with E-state index < -0.39 is 6.09 Å². The fraction of sp³-hybridized carbons (Fsp3) is 0.278. The van der Waals surface area contributed by atoms with Crippen molar-refractivity contribution in [1.82, 2.24) is 0 Å². The van der Waals surface area contributed by atoms with E-state index in [1.165, 1.54) is 22.4 Å². The van der Waals surface area contributed by atoms with Crippen LogP contribution in [-0.2, 0) is 4.74 Å². The summed E-state index contributed by atoms with van der Waals surface area (Å²) in [5.74, 6) is 0. The van der Waals surface area contributed by atoms with Crippen LogP contribution in [-0.4, -0.2) is 19.7 Å². The molecule has 1 aliphatic rings. The molecule has 1 N–H and O–H groups in total. The van der Waals surface area contributed by atoms with Crippen LogP contribution < -0.4 is 10.2 Å². The number of para-hydroxylation sites is 1. The lowest BCUT2D eigenvalue weighted by Gasteiger charge is -2.36. The van der Waals surface area contributed by atoms with Gasteiger partial charge in [0.05, 0.1) is 12.6 Å². The van der Waals surface area contributed by atoms with Crippen molar-refractivity contribution < 1.29 is 9.53 Å². The van der Waals surface area contributed by atoms with Crippen molar-refractivity contribution in [2.75, 3.05) is 23.9 Å². The summed E-state index contributed by atoms with van der Waals surface area (Å²) in [6, 6.07) is 14.6. The van der Waals surface area contributed by atoms with Crippen molar-refractivity contribution in [3.05, 3.63) is 48.0 Å². The summed E-state index contributed by atoms with van der Waals surface area (Å²) in [4.78, 5) is 13.8. The number of carbonyl (C=O) groups is 1. The number of hydrogen-bond donors (Lipinski definition) is 1. The molecule has 1 unspecified atom stereocenters. The molecule has 1 heterocycles. The van der Waals surface area contributed by atoms with Crippen LogP contribution in [0, 0.1) is 0 Å². The van der Waals surface area contributed by atoms with E-state index in [4.69, 9.17) is 4.74 Å². The number of benzene rings is 2. The van der Waals surface area contributed by atoms with Gasteiger partial charge in [-0.2, -0.15) is 0 Å². The third kappa shape index (κ3) is 2.41. The molecule has 0 fully saturated rings. The molecule has 0 saturated heterocycles. The lowest BCUT2D eigenvalue weighted by molar-refractivity contribution is 0.168. The van der Waals surface area contributed by atoms with Crippen LogP contribution in [0.25, 0.3) is 11.1 Å². The van der Waals surface area contributed by atoms with E-state index >= 15 is 0 Å². The van der Waals surface area contributed by atoms with Crippen molar-refractivity contribution in [3.63, 3.8) is 0 Å². The van der Waals surface area contributed by atoms with Gasteiger partial charge < -0.3 is 9.64 Å². The van der Waals surface area contributed by atoms with Gasteiger partial charge >= 0.3 is 6.09 Å². The monoisotopic (exact) mass is 296 g/mol. The van der Waals surface area contributed by atoms with E-state index in [2.05, 4.69) is 54.5 Å². The zero-order valence-electron chi connectivity index (χ0n) is 13.1. The Hall–Kier alpha value is -2.49. The molecule has 0 aliphatic carbocycles. The van der Waals surface area contributed by atoms with Crippen LogP contribution in [0.2, 0.25) is 0 Å². The van der Waals surface area contributed by atoms with Gasteiger partial charge in [-0.1, -0.05) is 24.3 Å². The van der Waals surface area contributed by atoms with Crippen molar-refractivity contribution in [1.29, 1.82) is 0 Å². The average molecular weight is 296 g/mol. The Morgan fingerprint density at radius 2 is 2.00 bits per heavy atom. The van der Waals surface area contributed by atoms with E-state index in [0.717, 1.165) is 5.69 Å². The Bertz CT molecular complexity index is 712. The predicted molar refractivity (Wildman–Crippen MR) is 89.3 cm³/mol. The van der Waals surface area contributed by atoms with Crippen LogP contribution in [0.5, 0.6) is 0 Å². The Kier molecular flexibility index (Phi) is 3.75. The maximum absolute atomic E-state index is 11.6. The van der Waals surface area contributed by atoms with E-state index in [-0.39, 0.29) is 6.04 Å². The lowest BCUT2D eigenvalue weighted by atomic mass is 9.89. The van der Waals surface area contributed by atoms with Crippen molar-refractivity contribution >= 4 is 17.5 Å². The third-order valence-corrected chi connectivity index (χ3v) is 4.18. The first kappa shape index (κ1) is 14.4. The molecule has 4 nitrogen and oxygen atoms in total. The quantitative estimate of drug-likeness (QED) is 0.891. The van der Waals surface area contributed by atoms with Gasteiger partial charge in [-0.05, 0) is 43.2 Å². The van der Waals surface area contributed by atoms with E-state index in [0.29, 0.717) is 6.61 Å². The fourth-order valence-corrected chi connectivity index (χ4v) is 2.94. The topological polar surface area (TPSA) is 41.6 Å².